The average Bonchev–Trinajstić information content (AvgIpc) is 3.06. The van der Waals surface area contributed by atoms with Crippen LogP contribution in [0.15, 0.2) is 66.7 Å². The molecule has 3 aromatic carbocycles. The monoisotopic (exact) mass is 458 g/mol. The fraction of sp³-hybridized carbons (Fsp3) is 0.200. The van der Waals surface area contributed by atoms with Crippen molar-refractivity contribution < 1.29 is 23.9 Å². The van der Waals surface area contributed by atoms with Crippen LogP contribution in [-0.4, -0.2) is 47.8 Å². The number of nitrogens with zero attached hydrogens (tertiary/aromatic N) is 2. The van der Waals surface area contributed by atoms with E-state index in [2.05, 4.69) is 5.32 Å². The van der Waals surface area contributed by atoms with Gasteiger partial charge in [0.15, 0.2) is 6.10 Å². The van der Waals surface area contributed by atoms with Crippen LogP contribution >= 0.6 is 0 Å². The second-order valence-electron chi connectivity index (χ2n) is 8.49. The molecule has 0 aliphatic carbocycles. The summed E-state index contributed by atoms with van der Waals surface area (Å²) in [5, 5.41) is 4.67. The molecule has 172 valence electrons. The molecule has 2 heterocycles. The Balaban J connectivity index is 1.41. The van der Waals surface area contributed by atoms with Crippen LogP contribution in [0.25, 0.3) is 10.8 Å². The highest BCUT2D eigenvalue weighted by molar-refractivity contribution is 6.11. The van der Waals surface area contributed by atoms with E-state index in [0.29, 0.717) is 17.0 Å². The fourth-order valence-electron chi connectivity index (χ4n) is 4.38. The molecule has 2 atom stereocenters. The lowest BCUT2D eigenvalue weighted by Crippen LogP contribution is -2.52. The molecule has 2 aliphatic rings. The molecule has 5 amide bonds. The van der Waals surface area contributed by atoms with Crippen molar-refractivity contribution >= 4 is 40.2 Å². The molecule has 0 aromatic heterocycles. The van der Waals surface area contributed by atoms with E-state index >= 15 is 0 Å². The fourth-order valence-corrected chi connectivity index (χ4v) is 4.38. The molecular weight excluding hydrogens is 436 g/mol. The Hall–Kier alpha value is -4.40. The van der Waals surface area contributed by atoms with Crippen LogP contribution in [0.1, 0.15) is 12.5 Å². The normalized spacial score (nSPS) is 21.7. The predicted molar refractivity (Wildman–Crippen MR) is 124 cm³/mol. The van der Waals surface area contributed by atoms with Gasteiger partial charge in [0.1, 0.15) is 17.8 Å². The Labute approximate surface area is 195 Å². The van der Waals surface area contributed by atoms with Crippen LogP contribution in [0, 0.1) is 0 Å². The second-order valence-corrected chi connectivity index (χ2v) is 8.49. The van der Waals surface area contributed by atoms with Gasteiger partial charge in [-0.05, 0) is 41.5 Å². The zero-order valence-corrected chi connectivity index (χ0v) is 18.4. The number of nitrogens with two attached hydrogens (primary N) is 1. The first kappa shape index (κ1) is 21.4. The summed E-state index contributed by atoms with van der Waals surface area (Å²) < 4.78 is 5.58. The highest BCUT2D eigenvalue weighted by Crippen LogP contribution is 2.34. The number of benzene rings is 3. The van der Waals surface area contributed by atoms with Gasteiger partial charge in [-0.25, -0.2) is 4.79 Å². The number of rotatable bonds is 4. The third kappa shape index (κ3) is 3.42. The number of fused-ring (bicyclic) bond motifs is 2. The SMILES string of the molecule is C[C@]1(c2ccc3ccccc3c2)NC(=O)N(CC(=O)N2C[C@H](C(N)=O)Oc3ccccc32)C1=O. The number of amides is 5. The lowest BCUT2D eigenvalue weighted by molar-refractivity contribution is -0.134. The summed E-state index contributed by atoms with van der Waals surface area (Å²) in [5.41, 5.74) is 5.14. The first-order chi connectivity index (χ1) is 16.3. The highest BCUT2D eigenvalue weighted by atomic mass is 16.5. The van der Waals surface area contributed by atoms with Crippen LogP contribution in [0.4, 0.5) is 10.5 Å². The summed E-state index contributed by atoms with van der Waals surface area (Å²) in [6.45, 7) is 1.01. The van der Waals surface area contributed by atoms with Crippen LogP contribution in [0.3, 0.4) is 0 Å². The van der Waals surface area contributed by atoms with Gasteiger partial charge in [-0.2, -0.15) is 0 Å². The summed E-state index contributed by atoms with van der Waals surface area (Å²) in [7, 11) is 0. The van der Waals surface area contributed by atoms with E-state index < -0.39 is 41.9 Å². The van der Waals surface area contributed by atoms with Crippen molar-refractivity contribution in [3.63, 3.8) is 0 Å². The molecular formula is C25H22N4O5. The maximum atomic E-state index is 13.4. The maximum absolute atomic E-state index is 13.4. The Morgan fingerprint density at radius 1 is 1.06 bits per heavy atom. The summed E-state index contributed by atoms with van der Waals surface area (Å²) in [6.07, 6.45) is -1.04. The van der Waals surface area contributed by atoms with Crippen molar-refractivity contribution in [2.75, 3.05) is 18.0 Å². The van der Waals surface area contributed by atoms with Crippen LogP contribution in [0.5, 0.6) is 5.75 Å². The van der Waals surface area contributed by atoms with Gasteiger partial charge in [0, 0.05) is 0 Å². The van der Waals surface area contributed by atoms with Gasteiger partial charge in [0.2, 0.25) is 5.91 Å². The van der Waals surface area contributed by atoms with E-state index in [9.17, 15) is 19.2 Å². The topological polar surface area (TPSA) is 122 Å². The van der Waals surface area contributed by atoms with E-state index in [1.54, 1.807) is 37.3 Å². The summed E-state index contributed by atoms with van der Waals surface area (Å²) in [6, 6.07) is 19.3. The molecule has 1 fully saturated rings. The largest absolute Gasteiger partial charge is 0.477 e. The molecule has 2 aliphatic heterocycles. The van der Waals surface area contributed by atoms with Crippen molar-refractivity contribution in [3.05, 3.63) is 72.3 Å². The summed E-state index contributed by atoms with van der Waals surface area (Å²) in [5.74, 6) is -1.46. The molecule has 5 rings (SSSR count). The third-order valence-electron chi connectivity index (χ3n) is 6.29. The van der Waals surface area contributed by atoms with Gasteiger partial charge in [-0.1, -0.05) is 48.5 Å². The number of urea groups is 1. The quantitative estimate of drug-likeness (QED) is 0.578. The molecule has 0 unspecified atom stereocenters. The third-order valence-corrected chi connectivity index (χ3v) is 6.29. The van der Waals surface area contributed by atoms with E-state index in [4.69, 9.17) is 10.5 Å². The smallest absolute Gasteiger partial charge is 0.325 e. The second kappa shape index (κ2) is 7.87. The van der Waals surface area contributed by atoms with E-state index in [1.165, 1.54) is 4.90 Å². The number of ether oxygens (including phenoxy) is 1. The van der Waals surface area contributed by atoms with E-state index in [0.717, 1.165) is 15.7 Å². The maximum Gasteiger partial charge on any atom is 0.325 e. The van der Waals surface area contributed by atoms with Crippen LogP contribution in [-0.2, 0) is 19.9 Å². The standard InChI is InChI=1S/C25H22N4O5/c1-25(17-11-10-15-6-2-3-7-16(15)12-17)23(32)29(24(33)27-25)14-21(30)28-13-20(22(26)31)34-19-9-5-4-8-18(19)28/h2-12,20H,13-14H2,1H3,(H2,26,31)(H,27,33)/t20-,25-/m1/s1. The van der Waals surface area contributed by atoms with Crippen molar-refractivity contribution in [2.45, 2.75) is 18.6 Å². The minimum absolute atomic E-state index is 0.114. The van der Waals surface area contributed by atoms with Crippen molar-refractivity contribution in [3.8, 4) is 5.75 Å². The number of primary amides is 1. The number of hydrogen-bond donors (Lipinski definition) is 2. The lowest BCUT2D eigenvalue weighted by atomic mass is 9.90. The van der Waals surface area contributed by atoms with Gasteiger partial charge in [-0.15, -0.1) is 0 Å². The van der Waals surface area contributed by atoms with E-state index in [-0.39, 0.29) is 6.54 Å². The first-order valence-electron chi connectivity index (χ1n) is 10.8. The molecule has 1 saturated heterocycles. The van der Waals surface area contributed by atoms with Gasteiger partial charge in [0.05, 0.1) is 12.2 Å². The zero-order chi connectivity index (χ0) is 24.0. The van der Waals surface area contributed by atoms with Crippen molar-refractivity contribution in [1.29, 1.82) is 0 Å². The number of imide groups is 1. The molecule has 0 saturated carbocycles. The lowest BCUT2D eigenvalue weighted by Gasteiger charge is -2.34. The average molecular weight is 458 g/mol. The molecule has 9 nitrogen and oxygen atoms in total. The zero-order valence-electron chi connectivity index (χ0n) is 18.4. The Bertz CT molecular complexity index is 1360. The molecule has 0 spiro atoms. The molecule has 3 aromatic rings. The van der Waals surface area contributed by atoms with Crippen LogP contribution in [0.2, 0.25) is 0 Å². The molecule has 34 heavy (non-hydrogen) atoms. The van der Waals surface area contributed by atoms with E-state index in [1.807, 2.05) is 36.4 Å². The number of anilines is 1. The first-order valence-corrected chi connectivity index (χ1v) is 10.8. The minimum Gasteiger partial charge on any atom is -0.477 e. The predicted octanol–water partition coefficient (Wildman–Crippen LogP) is 1.89. The van der Waals surface area contributed by atoms with Crippen LogP contribution < -0.4 is 20.7 Å². The number of carbonyl (C=O) groups is 4. The minimum atomic E-state index is -1.32. The molecule has 0 radical (unpaired) electrons. The summed E-state index contributed by atoms with van der Waals surface area (Å²) >= 11 is 0. The van der Waals surface area contributed by atoms with Gasteiger partial charge in [-0.3, -0.25) is 19.3 Å². The number of carbonyl (C=O) groups excluding carboxylic acids is 4. The summed E-state index contributed by atoms with van der Waals surface area (Å²) in [4.78, 5) is 53.4. The Kier molecular flexibility index (Phi) is 4.97. The van der Waals surface area contributed by atoms with Gasteiger partial charge in [0.25, 0.3) is 11.8 Å². The highest BCUT2D eigenvalue weighted by Gasteiger charge is 2.50. The number of hydrogen-bond acceptors (Lipinski definition) is 5. The molecule has 9 heteroatoms. The number of para-hydroxylation sites is 2. The van der Waals surface area contributed by atoms with Crippen molar-refractivity contribution in [1.82, 2.24) is 10.2 Å². The Morgan fingerprint density at radius 3 is 2.53 bits per heavy atom. The van der Waals surface area contributed by atoms with Gasteiger partial charge < -0.3 is 20.7 Å². The number of nitrogens with one attached hydrogen (secondary N) is 1. The Morgan fingerprint density at radius 2 is 1.76 bits per heavy atom. The van der Waals surface area contributed by atoms with Gasteiger partial charge >= 0.3 is 6.03 Å². The molecule has 0 bridgehead atoms. The molecule has 3 N–H and O–H groups in total. The van der Waals surface area contributed by atoms with Crippen molar-refractivity contribution in [2.24, 2.45) is 5.73 Å².